The van der Waals surface area contributed by atoms with E-state index >= 15 is 0 Å². The van der Waals surface area contributed by atoms with Crippen LogP contribution >= 0.6 is 0 Å². The van der Waals surface area contributed by atoms with Crippen LogP contribution in [-0.4, -0.2) is 52.4 Å². The first-order chi connectivity index (χ1) is 11.2. The summed E-state index contributed by atoms with van der Waals surface area (Å²) < 4.78 is 16.4. The van der Waals surface area contributed by atoms with Gasteiger partial charge in [0, 0.05) is 18.7 Å². The molecule has 0 unspecified atom stereocenters. The lowest BCUT2D eigenvalue weighted by Crippen LogP contribution is -2.37. The molecule has 1 heterocycles. The molecule has 1 aromatic carbocycles. The molecule has 0 saturated carbocycles. The number of rotatable bonds is 8. The number of benzene rings is 1. The van der Waals surface area contributed by atoms with Gasteiger partial charge in [0.25, 0.3) is 0 Å². The minimum absolute atomic E-state index is 0.756. The average molecular weight is 322 g/mol. The molecule has 1 aliphatic heterocycles. The number of nitrogens with zero attached hydrogens (tertiary/aromatic N) is 1. The fraction of sp³-hybridized carbons (Fsp3) is 0.667. The summed E-state index contributed by atoms with van der Waals surface area (Å²) in [6.07, 6.45) is 2.49. The molecule has 0 bridgehead atoms. The van der Waals surface area contributed by atoms with Crippen LogP contribution in [0.1, 0.15) is 25.3 Å². The predicted molar refractivity (Wildman–Crippen MR) is 92.6 cm³/mol. The standard InChI is InChI=1S/C18H30N2O3/c1-5-19-12-14-6-8-20(9-7-14)13-16-17(22-3)10-15(21-2)11-18(16)23-4/h10-11,14,19H,5-9,12-13H2,1-4H3. The molecule has 1 aliphatic rings. The number of nitrogens with one attached hydrogen (secondary N) is 1. The van der Waals surface area contributed by atoms with Gasteiger partial charge >= 0.3 is 0 Å². The minimum atomic E-state index is 0.756. The third kappa shape index (κ3) is 4.75. The molecule has 130 valence electrons. The van der Waals surface area contributed by atoms with E-state index in [1.165, 1.54) is 12.8 Å². The number of hydrogen-bond donors (Lipinski definition) is 1. The smallest absolute Gasteiger partial charge is 0.130 e. The number of piperidine rings is 1. The SMILES string of the molecule is CCNCC1CCN(Cc2c(OC)cc(OC)cc2OC)CC1. The Morgan fingerprint density at radius 1 is 1.04 bits per heavy atom. The lowest BCUT2D eigenvalue weighted by atomic mass is 9.96. The summed E-state index contributed by atoms with van der Waals surface area (Å²) in [4.78, 5) is 2.48. The summed E-state index contributed by atoms with van der Waals surface area (Å²) in [5.41, 5.74) is 1.10. The topological polar surface area (TPSA) is 43.0 Å². The largest absolute Gasteiger partial charge is 0.496 e. The van der Waals surface area contributed by atoms with Crippen LogP contribution in [0.5, 0.6) is 17.2 Å². The maximum Gasteiger partial charge on any atom is 0.130 e. The van der Waals surface area contributed by atoms with Gasteiger partial charge < -0.3 is 19.5 Å². The molecule has 1 aromatic rings. The van der Waals surface area contributed by atoms with E-state index in [2.05, 4.69) is 17.1 Å². The Bertz CT molecular complexity index is 460. The summed E-state index contributed by atoms with van der Waals surface area (Å²) in [6.45, 7) is 7.45. The van der Waals surface area contributed by atoms with E-state index in [1.807, 2.05) is 12.1 Å². The van der Waals surface area contributed by atoms with Crippen molar-refractivity contribution in [3.63, 3.8) is 0 Å². The second kappa shape index (κ2) is 8.99. The Morgan fingerprint density at radius 2 is 1.65 bits per heavy atom. The van der Waals surface area contributed by atoms with Crippen LogP contribution in [0.15, 0.2) is 12.1 Å². The first-order valence-electron chi connectivity index (χ1n) is 8.43. The van der Waals surface area contributed by atoms with Gasteiger partial charge in [0.1, 0.15) is 17.2 Å². The molecule has 1 saturated heterocycles. The van der Waals surface area contributed by atoms with Crippen molar-refractivity contribution in [1.82, 2.24) is 10.2 Å². The molecule has 5 nitrogen and oxygen atoms in total. The number of hydrogen-bond acceptors (Lipinski definition) is 5. The van der Waals surface area contributed by atoms with Crippen LogP contribution in [0.3, 0.4) is 0 Å². The van der Waals surface area contributed by atoms with E-state index < -0.39 is 0 Å². The fourth-order valence-corrected chi connectivity index (χ4v) is 3.15. The summed E-state index contributed by atoms with van der Waals surface area (Å²) in [5, 5.41) is 3.46. The number of ether oxygens (including phenoxy) is 3. The Labute approximate surface area is 139 Å². The second-order valence-electron chi connectivity index (χ2n) is 6.04. The van der Waals surface area contributed by atoms with Crippen LogP contribution in [0.25, 0.3) is 0 Å². The zero-order valence-corrected chi connectivity index (χ0v) is 14.9. The van der Waals surface area contributed by atoms with Crippen LogP contribution in [0.4, 0.5) is 0 Å². The van der Waals surface area contributed by atoms with Gasteiger partial charge in [-0.2, -0.15) is 0 Å². The first-order valence-corrected chi connectivity index (χ1v) is 8.43. The van der Waals surface area contributed by atoms with Crippen molar-refractivity contribution in [2.75, 3.05) is 47.5 Å². The Morgan fingerprint density at radius 3 is 2.13 bits per heavy atom. The maximum absolute atomic E-state index is 5.55. The van der Waals surface area contributed by atoms with Crippen molar-refractivity contribution in [2.45, 2.75) is 26.3 Å². The van der Waals surface area contributed by atoms with Gasteiger partial charge in [-0.15, -0.1) is 0 Å². The molecular weight excluding hydrogens is 292 g/mol. The van der Waals surface area contributed by atoms with E-state index in [9.17, 15) is 0 Å². The van der Waals surface area contributed by atoms with Crippen molar-refractivity contribution < 1.29 is 14.2 Å². The van der Waals surface area contributed by atoms with E-state index in [0.29, 0.717) is 0 Å². The maximum atomic E-state index is 5.55. The molecule has 1 fully saturated rings. The Hall–Kier alpha value is -1.46. The quantitative estimate of drug-likeness (QED) is 0.797. The molecule has 0 aromatic heterocycles. The van der Waals surface area contributed by atoms with Crippen LogP contribution in [0, 0.1) is 5.92 Å². The third-order valence-corrected chi connectivity index (χ3v) is 4.59. The van der Waals surface area contributed by atoms with Gasteiger partial charge in [0.15, 0.2) is 0 Å². The summed E-state index contributed by atoms with van der Waals surface area (Å²) in [7, 11) is 5.05. The highest BCUT2D eigenvalue weighted by Gasteiger charge is 2.22. The Balaban J connectivity index is 2.03. The van der Waals surface area contributed by atoms with E-state index in [-0.39, 0.29) is 0 Å². The number of methoxy groups -OCH3 is 3. The lowest BCUT2D eigenvalue weighted by molar-refractivity contribution is 0.172. The van der Waals surface area contributed by atoms with Crippen molar-refractivity contribution in [2.24, 2.45) is 5.92 Å². The van der Waals surface area contributed by atoms with Crippen molar-refractivity contribution in [1.29, 1.82) is 0 Å². The third-order valence-electron chi connectivity index (χ3n) is 4.59. The molecule has 0 amide bonds. The fourth-order valence-electron chi connectivity index (χ4n) is 3.15. The van der Waals surface area contributed by atoms with Crippen molar-refractivity contribution >= 4 is 0 Å². The van der Waals surface area contributed by atoms with Gasteiger partial charge in [-0.3, -0.25) is 4.90 Å². The number of likely N-dealkylation sites (tertiary alicyclic amines) is 1. The first kappa shape index (κ1) is 17.9. The van der Waals surface area contributed by atoms with Gasteiger partial charge in [-0.1, -0.05) is 6.92 Å². The van der Waals surface area contributed by atoms with E-state index in [0.717, 1.165) is 61.5 Å². The van der Waals surface area contributed by atoms with Crippen molar-refractivity contribution in [3.8, 4) is 17.2 Å². The second-order valence-corrected chi connectivity index (χ2v) is 6.04. The molecule has 0 atom stereocenters. The molecule has 2 rings (SSSR count). The highest BCUT2D eigenvalue weighted by atomic mass is 16.5. The minimum Gasteiger partial charge on any atom is -0.496 e. The van der Waals surface area contributed by atoms with E-state index in [1.54, 1.807) is 21.3 Å². The normalized spacial score (nSPS) is 16.3. The molecule has 5 heteroatoms. The molecule has 23 heavy (non-hydrogen) atoms. The zero-order valence-electron chi connectivity index (χ0n) is 14.9. The molecule has 1 N–H and O–H groups in total. The van der Waals surface area contributed by atoms with Crippen molar-refractivity contribution in [3.05, 3.63) is 17.7 Å². The lowest BCUT2D eigenvalue weighted by Gasteiger charge is -2.32. The molecular formula is C18H30N2O3. The molecule has 0 aliphatic carbocycles. The van der Waals surface area contributed by atoms with Gasteiger partial charge in [-0.25, -0.2) is 0 Å². The molecule has 0 radical (unpaired) electrons. The van der Waals surface area contributed by atoms with E-state index in [4.69, 9.17) is 14.2 Å². The summed E-state index contributed by atoms with van der Waals surface area (Å²) in [5.74, 6) is 3.21. The monoisotopic (exact) mass is 322 g/mol. The summed E-state index contributed by atoms with van der Waals surface area (Å²) in [6, 6.07) is 3.85. The summed E-state index contributed by atoms with van der Waals surface area (Å²) >= 11 is 0. The van der Waals surface area contributed by atoms with Gasteiger partial charge in [-0.05, 0) is 44.9 Å². The highest BCUT2D eigenvalue weighted by molar-refractivity contribution is 5.50. The Kier molecular flexibility index (Phi) is 6.99. The molecule has 0 spiro atoms. The van der Waals surface area contributed by atoms with Gasteiger partial charge in [0.2, 0.25) is 0 Å². The van der Waals surface area contributed by atoms with Crippen LogP contribution in [0.2, 0.25) is 0 Å². The predicted octanol–water partition coefficient (Wildman–Crippen LogP) is 2.53. The highest BCUT2D eigenvalue weighted by Crippen LogP contribution is 2.35. The average Bonchev–Trinajstić information content (AvgIpc) is 2.61. The zero-order chi connectivity index (χ0) is 16.7. The van der Waals surface area contributed by atoms with Gasteiger partial charge in [0.05, 0.1) is 26.9 Å². The van der Waals surface area contributed by atoms with Crippen LogP contribution in [-0.2, 0) is 6.54 Å². The van der Waals surface area contributed by atoms with Crippen LogP contribution < -0.4 is 19.5 Å².